The van der Waals surface area contributed by atoms with Gasteiger partial charge in [0.25, 0.3) is 5.69 Å². The topological polar surface area (TPSA) is 83.7 Å². The van der Waals surface area contributed by atoms with Gasteiger partial charge >= 0.3 is 0 Å². The second-order valence-electron chi connectivity index (χ2n) is 5.95. The monoisotopic (exact) mass is 290 g/mol. The summed E-state index contributed by atoms with van der Waals surface area (Å²) < 4.78 is 0. The summed E-state index contributed by atoms with van der Waals surface area (Å²) in [6, 6.07) is 6.19. The summed E-state index contributed by atoms with van der Waals surface area (Å²) >= 11 is 0. The number of hydrogen-bond acceptors (Lipinski definition) is 5. The van der Waals surface area contributed by atoms with Gasteiger partial charge in [0.1, 0.15) is 5.78 Å². The van der Waals surface area contributed by atoms with Gasteiger partial charge in [-0.15, -0.1) is 0 Å². The van der Waals surface area contributed by atoms with Crippen LogP contribution in [0, 0.1) is 16.0 Å². The van der Waals surface area contributed by atoms with Crippen LogP contribution in [0.1, 0.15) is 30.9 Å². The maximum atomic E-state index is 12.3. The highest BCUT2D eigenvalue weighted by Gasteiger charge is 2.47. The zero-order chi connectivity index (χ0) is 15.1. The SMILES string of the molecule is CN1[C@@H]2CC[C@H]1[C@H]([C@H](O)c1ccc([N+](=O)[O-])cc1)C(=O)C2. The molecule has 0 amide bonds. The number of carbonyl (C=O) groups is 1. The van der Waals surface area contributed by atoms with Crippen molar-refractivity contribution in [2.75, 3.05) is 7.05 Å². The number of aliphatic hydroxyl groups is 1. The molecule has 0 aromatic heterocycles. The standard InChI is InChI=1S/C15H18N2O4/c1-16-11-6-7-12(16)14(13(18)8-11)15(19)9-2-4-10(5-3-9)17(20)21/h2-5,11-12,14-15,19H,6-8H2,1H3/t11-,12+,14+,15-/m1/s1. The molecule has 2 aliphatic rings. The van der Waals surface area contributed by atoms with E-state index in [2.05, 4.69) is 4.90 Å². The highest BCUT2D eigenvalue weighted by atomic mass is 16.6. The van der Waals surface area contributed by atoms with Crippen LogP contribution in [-0.4, -0.2) is 39.8 Å². The largest absolute Gasteiger partial charge is 0.388 e. The zero-order valence-electron chi connectivity index (χ0n) is 11.8. The first-order valence-corrected chi connectivity index (χ1v) is 7.16. The number of Topliss-reactive ketones (excluding diaryl/α,β-unsaturated/α-hetero) is 1. The van der Waals surface area contributed by atoms with E-state index < -0.39 is 16.9 Å². The molecule has 21 heavy (non-hydrogen) atoms. The second-order valence-corrected chi connectivity index (χ2v) is 5.95. The van der Waals surface area contributed by atoms with E-state index in [1.54, 1.807) is 0 Å². The predicted octanol–water partition coefficient (Wildman–Crippen LogP) is 1.68. The van der Waals surface area contributed by atoms with Gasteiger partial charge in [-0.05, 0) is 37.6 Å². The molecule has 3 rings (SSSR count). The number of non-ortho nitro benzene ring substituents is 1. The van der Waals surface area contributed by atoms with Gasteiger partial charge < -0.3 is 5.11 Å². The maximum absolute atomic E-state index is 12.3. The Kier molecular flexibility index (Phi) is 3.51. The highest BCUT2D eigenvalue weighted by molar-refractivity contribution is 5.84. The van der Waals surface area contributed by atoms with Gasteiger partial charge in [0.05, 0.1) is 16.9 Å². The fourth-order valence-electron chi connectivity index (χ4n) is 3.69. The minimum absolute atomic E-state index is 0.0148. The van der Waals surface area contributed by atoms with Gasteiger partial charge in [-0.2, -0.15) is 0 Å². The number of rotatable bonds is 3. The molecule has 112 valence electrons. The summed E-state index contributed by atoms with van der Waals surface area (Å²) in [5.74, 6) is -0.332. The number of nitro benzene ring substituents is 1. The molecule has 2 fully saturated rings. The van der Waals surface area contributed by atoms with E-state index in [0.29, 0.717) is 18.0 Å². The van der Waals surface area contributed by atoms with Crippen LogP contribution < -0.4 is 0 Å². The molecule has 0 spiro atoms. The molecule has 2 saturated heterocycles. The molecule has 1 N–H and O–H groups in total. The molecule has 6 heteroatoms. The third-order valence-corrected chi connectivity index (χ3v) is 4.90. The number of nitro groups is 1. The van der Waals surface area contributed by atoms with Crippen molar-refractivity contribution in [2.45, 2.75) is 37.5 Å². The molecule has 0 radical (unpaired) electrons. The molecule has 2 bridgehead atoms. The lowest BCUT2D eigenvalue weighted by atomic mass is 9.82. The Balaban J connectivity index is 1.85. The fourth-order valence-corrected chi connectivity index (χ4v) is 3.69. The average Bonchev–Trinajstić information content (AvgIpc) is 2.71. The number of piperidine rings is 1. The average molecular weight is 290 g/mol. The van der Waals surface area contributed by atoms with Crippen molar-refractivity contribution in [3.05, 3.63) is 39.9 Å². The van der Waals surface area contributed by atoms with Gasteiger partial charge in [0.2, 0.25) is 0 Å². The number of fused-ring (bicyclic) bond motifs is 2. The minimum atomic E-state index is -0.898. The van der Waals surface area contributed by atoms with Crippen molar-refractivity contribution in [1.82, 2.24) is 4.90 Å². The smallest absolute Gasteiger partial charge is 0.269 e. The lowest BCUT2D eigenvalue weighted by molar-refractivity contribution is -0.384. The Bertz CT molecular complexity index is 572. The van der Waals surface area contributed by atoms with Crippen molar-refractivity contribution >= 4 is 11.5 Å². The third-order valence-electron chi connectivity index (χ3n) is 4.90. The Morgan fingerprint density at radius 2 is 2.00 bits per heavy atom. The van der Waals surface area contributed by atoms with Crippen LogP contribution in [0.25, 0.3) is 0 Å². The van der Waals surface area contributed by atoms with E-state index in [-0.39, 0.29) is 17.5 Å². The fraction of sp³-hybridized carbons (Fsp3) is 0.533. The van der Waals surface area contributed by atoms with E-state index in [4.69, 9.17) is 0 Å². The van der Waals surface area contributed by atoms with E-state index in [1.165, 1.54) is 24.3 Å². The quantitative estimate of drug-likeness (QED) is 0.676. The Morgan fingerprint density at radius 3 is 2.62 bits per heavy atom. The van der Waals surface area contributed by atoms with Crippen LogP contribution in [0.15, 0.2) is 24.3 Å². The second kappa shape index (κ2) is 5.20. The Morgan fingerprint density at radius 1 is 1.33 bits per heavy atom. The highest BCUT2D eigenvalue weighted by Crippen LogP contribution is 2.41. The first kappa shape index (κ1) is 14.2. The summed E-state index contributed by atoms with van der Waals surface area (Å²) in [7, 11) is 2.00. The van der Waals surface area contributed by atoms with E-state index in [0.717, 1.165) is 12.8 Å². The molecule has 0 unspecified atom stereocenters. The first-order chi connectivity index (χ1) is 9.99. The van der Waals surface area contributed by atoms with Crippen LogP contribution in [0.2, 0.25) is 0 Å². The number of ketones is 1. The van der Waals surface area contributed by atoms with Crippen LogP contribution in [-0.2, 0) is 4.79 Å². The number of nitrogens with zero attached hydrogens (tertiary/aromatic N) is 2. The van der Waals surface area contributed by atoms with Crippen LogP contribution in [0.5, 0.6) is 0 Å². The molecule has 4 atom stereocenters. The third kappa shape index (κ3) is 2.34. The lowest BCUT2D eigenvalue weighted by Crippen LogP contribution is -2.49. The lowest BCUT2D eigenvalue weighted by Gasteiger charge is -2.38. The van der Waals surface area contributed by atoms with E-state index in [9.17, 15) is 20.0 Å². The Labute approximate surface area is 122 Å². The molecule has 1 aromatic carbocycles. The predicted molar refractivity (Wildman–Crippen MR) is 75.7 cm³/mol. The summed E-state index contributed by atoms with van der Waals surface area (Å²) in [6.07, 6.45) is 1.50. The number of aliphatic hydroxyl groups excluding tert-OH is 1. The Hall–Kier alpha value is -1.79. The van der Waals surface area contributed by atoms with Crippen molar-refractivity contribution in [3.63, 3.8) is 0 Å². The maximum Gasteiger partial charge on any atom is 0.269 e. The minimum Gasteiger partial charge on any atom is -0.388 e. The normalized spacial score (nSPS) is 30.4. The number of hydrogen-bond donors (Lipinski definition) is 1. The summed E-state index contributed by atoms with van der Waals surface area (Å²) in [5, 5.41) is 21.2. The first-order valence-electron chi connectivity index (χ1n) is 7.16. The molecular formula is C15H18N2O4. The molecule has 0 saturated carbocycles. The molecule has 1 aromatic rings. The molecule has 6 nitrogen and oxygen atoms in total. The van der Waals surface area contributed by atoms with E-state index in [1.807, 2.05) is 7.05 Å². The van der Waals surface area contributed by atoms with Crippen LogP contribution >= 0.6 is 0 Å². The summed E-state index contributed by atoms with van der Waals surface area (Å²) in [4.78, 5) is 24.7. The summed E-state index contributed by atoms with van der Waals surface area (Å²) in [6.45, 7) is 0. The van der Waals surface area contributed by atoms with Gasteiger partial charge in [-0.25, -0.2) is 0 Å². The molecule has 0 aliphatic carbocycles. The zero-order valence-corrected chi connectivity index (χ0v) is 11.8. The molecule has 2 heterocycles. The van der Waals surface area contributed by atoms with Gasteiger partial charge in [0.15, 0.2) is 0 Å². The van der Waals surface area contributed by atoms with Crippen molar-refractivity contribution in [1.29, 1.82) is 0 Å². The van der Waals surface area contributed by atoms with E-state index >= 15 is 0 Å². The van der Waals surface area contributed by atoms with Gasteiger partial charge in [-0.3, -0.25) is 19.8 Å². The number of benzene rings is 1. The molecular weight excluding hydrogens is 272 g/mol. The van der Waals surface area contributed by atoms with Crippen LogP contribution in [0.3, 0.4) is 0 Å². The van der Waals surface area contributed by atoms with Crippen molar-refractivity contribution in [2.24, 2.45) is 5.92 Å². The van der Waals surface area contributed by atoms with Gasteiger partial charge in [0, 0.05) is 30.6 Å². The summed E-state index contributed by atoms with van der Waals surface area (Å²) in [5.41, 5.74) is 0.552. The number of carbonyl (C=O) groups excluding carboxylic acids is 1. The van der Waals surface area contributed by atoms with Crippen LogP contribution in [0.4, 0.5) is 5.69 Å². The van der Waals surface area contributed by atoms with Crippen molar-refractivity contribution in [3.8, 4) is 0 Å². The van der Waals surface area contributed by atoms with Crippen molar-refractivity contribution < 1.29 is 14.8 Å². The molecule has 2 aliphatic heterocycles. The van der Waals surface area contributed by atoms with Gasteiger partial charge in [-0.1, -0.05) is 0 Å².